The Bertz CT molecular complexity index is 374. The van der Waals surface area contributed by atoms with Gasteiger partial charge in [-0.15, -0.1) is 11.3 Å². The Hall–Kier alpha value is -0.420. The van der Waals surface area contributed by atoms with Crippen LogP contribution in [0.25, 0.3) is 0 Å². The molecule has 4 heteroatoms. The lowest BCUT2D eigenvalue weighted by molar-refractivity contribution is 0.120. The van der Waals surface area contributed by atoms with Crippen LogP contribution in [-0.4, -0.2) is 37.2 Å². The van der Waals surface area contributed by atoms with E-state index in [1.165, 1.54) is 10.4 Å². The summed E-state index contributed by atoms with van der Waals surface area (Å²) in [6.45, 7) is 6.07. The van der Waals surface area contributed by atoms with E-state index in [4.69, 9.17) is 10.5 Å². The number of hydrogen-bond donors (Lipinski definition) is 1. The number of ether oxygens (including phenoxy) is 1. The van der Waals surface area contributed by atoms with Crippen LogP contribution in [-0.2, 0) is 4.74 Å². The molecule has 102 valence electrons. The van der Waals surface area contributed by atoms with Crippen molar-refractivity contribution in [3.8, 4) is 0 Å². The average Bonchev–Trinajstić information content (AvgIpc) is 3.01. The zero-order chi connectivity index (χ0) is 13.1. The Morgan fingerprint density at radius 2 is 2.39 bits per heavy atom. The molecule has 0 radical (unpaired) electrons. The molecular weight excluding hydrogens is 244 g/mol. The molecule has 1 saturated heterocycles. The van der Waals surface area contributed by atoms with Gasteiger partial charge in [0, 0.05) is 23.6 Å². The smallest absolute Gasteiger partial charge is 0.0622 e. The van der Waals surface area contributed by atoms with Crippen LogP contribution in [0, 0.1) is 6.92 Å². The first-order chi connectivity index (χ1) is 8.65. The molecule has 3 nitrogen and oxygen atoms in total. The number of likely N-dealkylation sites (N-methyl/N-ethyl adjacent to an activating group) is 1. The number of nitrogens with zero attached hydrogens (tertiary/aromatic N) is 1. The molecule has 0 amide bonds. The van der Waals surface area contributed by atoms with E-state index in [1.807, 2.05) is 11.3 Å². The summed E-state index contributed by atoms with van der Waals surface area (Å²) in [5, 5.41) is 2.17. The molecule has 0 spiro atoms. The Balaban J connectivity index is 2.22. The molecule has 18 heavy (non-hydrogen) atoms. The molecule has 2 N–H and O–H groups in total. The first-order valence-electron chi connectivity index (χ1n) is 6.74. The number of nitrogens with two attached hydrogens (primary N) is 1. The second-order valence-electron chi connectivity index (χ2n) is 5.17. The minimum atomic E-state index is 0.188. The van der Waals surface area contributed by atoms with Crippen LogP contribution < -0.4 is 5.73 Å². The van der Waals surface area contributed by atoms with E-state index in [0.29, 0.717) is 12.1 Å². The third kappa shape index (κ3) is 2.77. The highest BCUT2D eigenvalue weighted by Crippen LogP contribution is 2.33. The lowest BCUT2D eigenvalue weighted by Crippen LogP contribution is -2.44. The summed E-state index contributed by atoms with van der Waals surface area (Å²) in [6, 6.07) is 3.21. The monoisotopic (exact) mass is 268 g/mol. The SMILES string of the molecule is CCC(N)C(c1sccc1C)N(C)C1CCOC1. The van der Waals surface area contributed by atoms with Crippen molar-refractivity contribution in [3.05, 3.63) is 21.9 Å². The molecule has 0 bridgehead atoms. The molecule has 1 fully saturated rings. The summed E-state index contributed by atoms with van der Waals surface area (Å²) in [5.74, 6) is 0. The fraction of sp³-hybridized carbons (Fsp3) is 0.714. The van der Waals surface area contributed by atoms with Gasteiger partial charge in [-0.1, -0.05) is 6.92 Å². The van der Waals surface area contributed by atoms with E-state index in [2.05, 4.69) is 37.2 Å². The van der Waals surface area contributed by atoms with Gasteiger partial charge in [0.1, 0.15) is 0 Å². The van der Waals surface area contributed by atoms with Gasteiger partial charge in [0.2, 0.25) is 0 Å². The summed E-state index contributed by atoms with van der Waals surface area (Å²) < 4.78 is 5.51. The maximum atomic E-state index is 6.37. The van der Waals surface area contributed by atoms with E-state index in [1.54, 1.807) is 0 Å². The lowest BCUT2D eigenvalue weighted by atomic mass is 9.99. The maximum Gasteiger partial charge on any atom is 0.0622 e. The summed E-state index contributed by atoms with van der Waals surface area (Å²) in [7, 11) is 2.19. The van der Waals surface area contributed by atoms with Crippen molar-refractivity contribution < 1.29 is 4.74 Å². The van der Waals surface area contributed by atoms with Crippen molar-refractivity contribution in [3.63, 3.8) is 0 Å². The van der Waals surface area contributed by atoms with Gasteiger partial charge >= 0.3 is 0 Å². The molecule has 0 aromatic carbocycles. The zero-order valence-electron chi connectivity index (χ0n) is 11.6. The van der Waals surface area contributed by atoms with Crippen LogP contribution in [0.5, 0.6) is 0 Å². The predicted octanol–water partition coefficient (Wildman–Crippen LogP) is 2.56. The van der Waals surface area contributed by atoms with Gasteiger partial charge in [-0.05, 0) is 43.8 Å². The number of hydrogen-bond acceptors (Lipinski definition) is 4. The van der Waals surface area contributed by atoms with E-state index in [0.717, 1.165) is 26.1 Å². The molecule has 1 aliphatic rings. The van der Waals surface area contributed by atoms with Gasteiger partial charge < -0.3 is 10.5 Å². The quantitative estimate of drug-likeness (QED) is 0.892. The van der Waals surface area contributed by atoms with Crippen molar-refractivity contribution in [2.45, 2.75) is 44.8 Å². The van der Waals surface area contributed by atoms with Crippen LogP contribution in [0.1, 0.15) is 36.2 Å². The highest BCUT2D eigenvalue weighted by molar-refractivity contribution is 7.10. The first-order valence-corrected chi connectivity index (χ1v) is 7.62. The third-order valence-electron chi connectivity index (χ3n) is 3.97. The van der Waals surface area contributed by atoms with Crippen LogP contribution in [0.3, 0.4) is 0 Å². The molecular formula is C14H24N2OS. The van der Waals surface area contributed by atoms with Gasteiger partial charge in [0.05, 0.1) is 12.6 Å². The third-order valence-corrected chi connectivity index (χ3v) is 5.06. The van der Waals surface area contributed by atoms with Crippen molar-refractivity contribution in [1.29, 1.82) is 0 Å². The molecule has 3 unspecified atom stereocenters. The number of thiophene rings is 1. The zero-order valence-corrected chi connectivity index (χ0v) is 12.4. The van der Waals surface area contributed by atoms with E-state index < -0.39 is 0 Å². The van der Waals surface area contributed by atoms with Gasteiger partial charge in [-0.3, -0.25) is 4.90 Å². The Morgan fingerprint density at radius 1 is 1.61 bits per heavy atom. The molecule has 1 aromatic heterocycles. The molecule has 1 aromatic rings. The van der Waals surface area contributed by atoms with Crippen molar-refractivity contribution in [2.24, 2.45) is 5.73 Å². The Labute approximate surface area is 114 Å². The van der Waals surface area contributed by atoms with Crippen molar-refractivity contribution in [1.82, 2.24) is 4.90 Å². The van der Waals surface area contributed by atoms with Crippen molar-refractivity contribution in [2.75, 3.05) is 20.3 Å². The van der Waals surface area contributed by atoms with Gasteiger partial charge in [0.15, 0.2) is 0 Å². The average molecular weight is 268 g/mol. The fourth-order valence-electron chi connectivity index (χ4n) is 2.66. The summed E-state index contributed by atoms with van der Waals surface area (Å²) in [4.78, 5) is 3.85. The molecule has 3 atom stereocenters. The van der Waals surface area contributed by atoms with Crippen LogP contribution in [0.15, 0.2) is 11.4 Å². The van der Waals surface area contributed by atoms with Crippen LogP contribution in [0.4, 0.5) is 0 Å². The molecule has 0 saturated carbocycles. The number of aryl methyl sites for hydroxylation is 1. The molecule has 2 heterocycles. The summed E-state index contributed by atoms with van der Waals surface area (Å²) in [6.07, 6.45) is 2.12. The topological polar surface area (TPSA) is 38.5 Å². The van der Waals surface area contributed by atoms with Gasteiger partial charge in [0.25, 0.3) is 0 Å². The van der Waals surface area contributed by atoms with E-state index in [9.17, 15) is 0 Å². The Kier molecular flexibility index (Phi) is 4.78. The van der Waals surface area contributed by atoms with Gasteiger partial charge in [-0.25, -0.2) is 0 Å². The second kappa shape index (κ2) is 6.15. The second-order valence-corrected chi connectivity index (χ2v) is 6.12. The largest absolute Gasteiger partial charge is 0.380 e. The predicted molar refractivity (Wildman–Crippen MR) is 77.1 cm³/mol. The lowest BCUT2D eigenvalue weighted by Gasteiger charge is -2.35. The normalized spacial score (nSPS) is 23.5. The first kappa shape index (κ1) is 14.0. The van der Waals surface area contributed by atoms with E-state index in [-0.39, 0.29) is 6.04 Å². The summed E-state index contributed by atoms with van der Waals surface area (Å²) in [5.41, 5.74) is 7.73. The molecule has 1 aliphatic heterocycles. The van der Waals surface area contributed by atoms with Crippen LogP contribution >= 0.6 is 11.3 Å². The van der Waals surface area contributed by atoms with Crippen molar-refractivity contribution >= 4 is 11.3 Å². The maximum absolute atomic E-state index is 6.37. The molecule has 2 rings (SSSR count). The minimum Gasteiger partial charge on any atom is -0.380 e. The van der Waals surface area contributed by atoms with E-state index >= 15 is 0 Å². The molecule has 0 aliphatic carbocycles. The highest BCUT2D eigenvalue weighted by Gasteiger charge is 2.31. The summed E-state index contributed by atoms with van der Waals surface area (Å²) >= 11 is 1.83. The van der Waals surface area contributed by atoms with Crippen LogP contribution in [0.2, 0.25) is 0 Å². The highest BCUT2D eigenvalue weighted by atomic mass is 32.1. The fourth-order valence-corrected chi connectivity index (χ4v) is 3.82. The number of rotatable bonds is 5. The van der Waals surface area contributed by atoms with Gasteiger partial charge in [-0.2, -0.15) is 0 Å². The minimum absolute atomic E-state index is 0.188. The standard InChI is InChI=1S/C14H24N2OS/c1-4-12(15)13(14-10(2)6-8-18-14)16(3)11-5-7-17-9-11/h6,8,11-13H,4-5,7,9,15H2,1-3H3. The Morgan fingerprint density at radius 3 is 2.89 bits per heavy atom.